The molecule has 0 unspecified atom stereocenters. The lowest BCUT2D eigenvalue weighted by Gasteiger charge is -2.33. The van der Waals surface area contributed by atoms with Crippen LogP contribution in [0.15, 0.2) is 89.9 Å². The first-order valence-electron chi connectivity index (χ1n) is 25.9. The average molecular weight is 1160 g/mol. The van der Waals surface area contributed by atoms with Gasteiger partial charge in [-0.2, -0.15) is 10.2 Å². The lowest BCUT2D eigenvalue weighted by Crippen LogP contribution is -2.51. The molecule has 19 nitrogen and oxygen atoms in total. The fraction of sp³-hybridized carbons (Fsp3) is 0.404. The number of hydrogen-bond donors (Lipinski definition) is 3. The Morgan fingerprint density at radius 1 is 0.725 bits per heavy atom. The molecule has 2 saturated heterocycles. The Balaban J connectivity index is 0.000000222. The SMILES string of the molecule is Cc1ccc(B(O)O)cn1.[C-]#[N+]c1ccc(-c2nn(CC(=O)N3CCC[C@@H](CC(=O)OC(C)(C)C)C3)cc2Br)cc1F.[C-]#[N+]c1ccc(-c2nn(CC(=O)N3CCC[C@@H](NC(=O)OC(C)(C)C)C3)cc2-c2ccc(C)nc2)cc1F. The number of esters is 1. The van der Waals surface area contributed by atoms with Gasteiger partial charge >= 0.3 is 19.2 Å². The molecule has 80 heavy (non-hydrogen) atoms. The Morgan fingerprint density at radius 3 is 1.77 bits per heavy atom. The van der Waals surface area contributed by atoms with Crippen molar-refractivity contribution in [3.8, 4) is 33.6 Å². The highest BCUT2D eigenvalue weighted by Gasteiger charge is 2.30. The molecule has 3 N–H and O–H groups in total. The van der Waals surface area contributed by atoms with E-state index in [1.165, 1.54) is 35.1 Å². The molecule has 2 aliphatic heterocycles. The molecular formula is C57H65BBrF2N11O8. The summed E-state index contributed by atoms with van der Waals surface area (Å²) in [6, 6.07) is 15.6. The van der Waals surface area contributed by atoms with E-state index in [4.69, 9.17) is 32.7 Å². The summed E-state index contributed by atoms with van der Waals surface area (Å²) in [6.45, 7) is 30.8. The van der Waals surface area contributed by atoms with Gasteiger partial charge in [-0.3, -0.25) is 33.7 Å². The van der Waals surface area contributed by atoms with Gasteiger partial charge in [-0.1, -0.05) is 36.4 Å². The van der Waals surface area contributed by atoms with Crippen molar-refractivity contribution in [1.29, 1.82) is 0 Å². The number of ether oxygens (including phenoxy) is 2. The minimum atomic E-state index is -1.41. The predicted molar refractivity (Wildman–Crippen MR) is 301 cm³/mol. The Kier molecular flexibility index (Phi) is 21.0. The fourth-order valence-electron chi connectivity index (χ4n) is 8.70. The van der Waals surface area contributed by atoms with Crippen molar-refractivity contribution in [2.45, 2.75) is 118 Å². The normalized spacial score (nSPS) is 15.2. The molecule has 2 atom stereocenters. The van der Waals surface area contributed by atoms with Gasteiger partial charge in [-0.25, -0.2) is 23.3 Å². The van der Waals surface area contributed by atoms with Crippen molar-refractivity contribution in [3.05, 3.63) is 136 Å². The maximum absolute atomic E-state index is 14.4. The third-order valence-electron chi connectivity index (χ3n) is 12.5. The van der Waals surface area contributed by atoms with E-state index in [0.29, 0.717) is 70.6 Å². The quantitative estimate of drug-likeness (QED) is 0.0629. The lowest BCUT2D eigenvalue weighted by atomic mass is 9.82. The third-order valence-corrected chi connectivity index (χ3v) is 13.0. The Bertz CT molecular complexity index is 3240. The van der Waals surface area contributed by atoms with E-state index >= 15 is 0 Å². The molecule has 3 amide bonds. The standard InChI is InChI=1S/C28H31FN6O3.C23H26BrFN4O3.C6H8BNO2/c1-18-8-9-20(14-31-18)22-16-35(33-26(22)19-10-11-24(30-5)23(29)13-19)17-25(36)34-12-6-7-21(15-34)32-27(37)38-28(2,3)4;1-23(2,3)32-21(31)10-15-6-5-9-28(12-15)20(30)14-29-13-17(24)22(27-29)16-7-8-19(26-4)18(25)11-16;1-5-2-3-6(4-8-5)7(9)10/h8-11,13-14,16,21H,6-7,12,15,17H2,1-4H3,(H,32,37);7-8,11,13,15H,5-6,9-10,12,14H2,1-3H3;2-4,9-10H,1H3/t21-;15-;/m10./s1. The van der Waals surface area contributed by atoms with Gasteiger partial charge in [0.15, 0.2) is 0 Å². The van der Waals surface area contributed by atoms with E-state index in [1.807, 2.05) is 46.8 Å². The molecule has 0 radical (unpaired) electrons. The van der Waals surface area contributed by atoms with E-state index in [2.05, 4.69) is 51.1 Å². The number of piperidine rings is 2. The average Bonchev–Trinajstić information content (AvgIpc) is 3.98. The van der Waals surface area contributed by atoms with Crippen molar-refractivity contribution in [2.75, 3.05) is 26.2 Å². The predicted octanol–water partition coefficient (Wildman–Crippen LogP) is 9.17. The molecular weight excluding hydrogens is 1100 g/mol. The summed E-state index contributed by atoms with van der Waals surface area (Å²) in [6.07, 6.45) is 9.60. The van der Waals surface area contributed by atoms with Crippen LogP contribution in [0, 0.1) is 44.5 Å². The molecule has 2 aliphatic rings. The molecule has 0 saturated carbocycles. The van der Waals surface area contributed by atoms with E-state index in [0.717, 1.165) is 42.6 Å². The zero-order chi connectivity index (χ0) is 58.5. The number of nitrogens with zero attached hydrogens (tertiary/aromatic N) is 10. The van der Waals surface area contributed by atoms with Crippen LogP contribution in [0.5, 0.6) is 0 Å². The zero-order valence-electron chi connectivity index (χ0n) is 46.0. The van der Waals surface area contributed by atoms with Gasteiger partial charge in [0.1, 0.15) is 47.3 Å². The first-order chi connectivity index (χ1) is 37.8. The Labute approximate surface area is 473 Å². The maximum atomic E-state index is 14.4. The highest BCUT2D eigenvalue weighted by Crippen LogP contribution is 2.34. The number of carbonyl (C=O) groups is 4. The fourth-order valence-corrected chi connectivity index (χ4v) is 9.24. The first-order valence-corrected chi connectivity index (χ1v) is 26.7. The number of halogens is 3. The molecule has 8 rings (SSSR count). The van der Waals surface area contributed by atoms with Crippen LogP contribution in [0.4, 0.5) is 25.0 Å². The number of carbonyl (C=O) groups excluding carboxylic acids is 4. The highest BCUT2D eigenvalue weighted by molar-refractivity contribution is 9.10. The van der Waals surface area contributed by atoms with Gasteiger partial charge in [-0.05, 0) is 127 Å². The van der Waals surface area contributed by atoms with Crippen molar-refractivity contribution in [2.24, 2.45) is 5.92 Å². The van der Waals surface area contributed by atoms with E-state index < -0.39 is 36.0 Å². The number of aromatic nitrogens is 6. The van der Waals surface area contributed by atoms with Crippen molar-refractivity contribution < 1.29 is 47.5 Å². The molecule has 6 aromatic rings. The third kappa shape index (κ3) is 18.1. The van der Waals surface area contributed by atoms with Crippen LogP contribution in [-0.2, 0) is 36.9 Å². The van der Waals surface area contributed by atoms with Crippen LogP contribution < -0.4 is 10.8 Å². The van der Waals surface area contributed by atoms with Gasteiger partial charge in [0.05, 0.1) is 24.0 Å². The number of benzene rings is 2. The number of hydrogen-bond acceptors (Lipinski definition) is 12. The number of aryl methyl sites for hydroxylation is 2. The summed E-state index contributed by atoms with van der Waals surface area (Å²) in [5.41, 5.74) is 4.37. The molecule has 23 heteroatoms. The molecule has 2 fully saturated rings. The van der Waals surface area contributed by atoms with E-state index in [-0.39, 0.29) is 54.2 Å². The largest absolute Gasteiger partial charge is 0.490 e. The molecule has 420 valence electrons. The molecule has 2 aromatic carbocycles. The first kappa shape index (κ1) is 61.4. The minimum absolute atomic E-state index is 0.0198. The van der Waals surface area contributed by atoms with Crippen molar-refractivity contribution in [1.82, 2.24) is 44.6 Å². The van der Waals surface area contributed by atoms with Gasteiger partial charge in [0, 0.05) is 96.1 Å². The van der Waals surface area contributed by atoms with E-state index in [1.54, 1.807) is 78.1 Å². The zero-order valence-corrected chi connectivity index (χ0v) is 47.6. The maximum Gasteiger partial charge on any atom is 0.490 e. The number of alkyl carbamates (subject to hydrolysis) is 1. The van der Waals surface area contributed by atoms with Crippen LogP contribution in [0.1, 0.15) is 85.0 Å². The number of amides is 3. The lowest BCUT2D eigenvalue weighted by molar-refractivity contribution is -0.157. The topological polar surface area (TPSA) is 216 Å². The van der Waals surface area contributed by atoms with Crippen LogP contribution >= 0.6 is 15.9 Å². The van der Waals surface area contributed by atoms with Crippen molar-refractivity contribution in [3.63, 3.8) is 0 Å². The van der Waals surface area contributed by atoms with Crippen LogP contribution in [0.3, 0.4) is 0 Å². The summed E-state index contributed by atoms with van der Waals surface area (Å²) in [5, 5.41) is 29.2. The molecule has 0 spiro atoms. The molecule has 0 aliphatic carbocycles. The van der Waals surface area contributed by atoms with Gasteiger partial charge in [0.25, 0.3) is 0 Å². The summed E-state index contributed by atoms with van der Waals surface area (Å²) >= 11 is 3.42. The smallest absolute Gasteiger partial charge is 0.460 e. The van der Waals surface area contributed by atoms with Crippen LogP contribution in [0.2, 0.25) is 0 Å². The second-order valence-corrected chi connectivity index (χ2v) is 22.3. The Morgan fingerprint density at radius 2 is 1.25 bits per heavy atom. The van der Waals surface area contributed by atoms with Gasteiger partial charge < -0.3 is 34.6 Å². The number of pyridine rings is 2. The summed E-state index contributed by atoms with van der Waals surface area (Å²) in [7, 11) is -1.41. The van der Waals surface area contributed by atoms with Crippen molar-refractivity contribution >= 4 is 63.8 Å². The van der Waals surface area contributed by atoms with Gasteiger partial charge in [-0.15, -0.1) is 0 Å². The molecule has 4 aromatic heterocycles. The summed E-state index contributed by atoms with van der Waals surface area (Å²) in [5.74, 6) is -1.64. The molecule has 6 heterocycles. The van der Waals surface area contributed by atoms with Crippen LogP contribution in [-0.4, -0.2) is 124 Å². The second kappa shape index (κ2) is 27.3. The van der Waals surface area contributed by atoms with E-state index in [9.17, 15) is 28.0 Å². The summed E-state index contributed by atoms with van der Waals surface area (Å²) in [4.78, 5) is 68.4. The minimum Gasteiger partial charge on any atom is -0.460 e. The number of rotatable bonds is 11. The highest BCUT2D eigenvalue weighted by atomic mass is 79.9. The number of likely N-dealkylation sites (tertiary alicyclic amines) is 2. The Hall–Kier alpha value is -7.86. The number of nitrogens with one attached hydrogen (secondary N) is 1. The summed E-state index contributed by atoms with van der Waals surface area (Å²) < 4.78 is 42.9. The monoisotopic (exact) mass is 1160 g/mol. The second-order valence-electron chi connectivity index (χ2n) is 21.4. The molecule has 0 bridgehead atoms. The van der Waals surface area contributed by atoms with Gasteiger partial charge in [0.2, 0.25) is 23.2 Å². The van der Waals surface area contributed by atoms with Crippen LogP contribution in [0.25, 0.3) is 43.3 Å².